The molecule has 21 heavy (non-hydrogen) atoms. The van der Waals surface area contributed by atoms with Gasteiger partial charge in [0.05, 0.1) is 0 Å². The van der Waals surface area contributed by atoms with E-state index >= 15 is 0 Å². The van der Waals surface area contributed by atoms with E-state index in [-0.39, 0.29) is 5.78 Å². The Bertz CT molecular complexity index is 704. The molecule has 0 spiro atoms. The fourth-order valence-electron chi connectivity index (χ4n) is 1.94. The van der Waals surface area contributed by atoms with Gasteiger partial charge in [0.1, 0.15) is 0 Å². The SMILES string of the molecule is Cc1ccc(C(=O)C=CNc2ccc(Br)c(C)c2)cc1C. The van der Waals surface area contributed by atoms with Gasteiger partial charge in [0.15, 0.2) is 5.78 Å². The molecule has 0 radical (unpaired) electrons. The van der Waals surface area contributed by atoms with Gasteiger partial charge in [-0.3, -0.25) is 4.79 Å². The average Bonchev–Trinajstić information content (AvgIpc) is 2.45. The normalized spacial score (nSPS) is 10.9. The van der Waals surface area contributed by atoms with E-state index in [4.69, 9.17) is 0 Å². The lowest BCUT2D eigenvalue weighted by atomic mass is 10.0. The number of aryl methyl sites for hydroxylation is 3. The number of rotatable bonds is 4. The quantitative estimate of drug-likeness (QED) is 0.611. The van der Waals surface area contributed by atoms with Crippen LogP contribution in [0, 0.1) is 20.8 Å². The highest BCUT2D eigenvalue weighted by molar-refractivity contribution is 9.10. The number of ketones is 1. The predicted molar refractivity (Wildman–Crippen MR) is 91.9 cm³/mol. The van der Waals surface area contributed by atoms with E-state index < -0.39 is 0 Å². The molecule has 2 aromatic carbocycles. The molecule has 2 nitrogen and oxygen atoms in total. The largest absolute Gasteiger partial charge is 0.362 e. The van der Waals surface area contributed by atoms with Crippen LogP contribution in [0.2, 0.25) is 0 Å². The molecule has 0 fully saturated rings. The first-order valence-corrected chi connectivity index (χ1v) is 7.57. The number of hydrogen-bond acceptors (Lipinski definition) is 2. The van der Waals surface area contributed by atoms with Gasteiger partial charge in [0.25, 0.3) is 0 Å². The van der Waals surface area contributed by atoms with Crippen LogP contribution in [0.15, 0.2) is 53.1 Å². The first kappa shape index (κ1) is 15.5. The van der Waals surface area contributed by atoms with Crippen molar-refractivity contribution < 1.29 is 4.79 Å². The van der Waals surface area contributed by atoms with Crippen molar-refractivity contribution in [1.29, 1.82) is 0 Å². The summed E-state index contributed by atoms with van der Waals surface area (Å²) in [4.78, 5) is 12.1. The summed E-state index contributed by atoms with van der Waals surface area (Å²) >= 11 is 3.46. The second kappa shape index (κ2) is 6.72. The number of benzene rings is 2. The smallest absolute Gasteiger partial charge is 0.187 e. The van der Waals surface area contributed by atoms with Crippen LogP contribution in [0.5, 0.6) is 0 Å². The molecule has 0 saturated carbocycles. The summed E-state index contributed by atoms with van der Waals surface area (Å²) in [5, 5.41) is 3.12. The highest BCUT2D eigenvalue weighted by atomic mass is 79.9. The van der Waals surface area contributed by atoms with Crippen LogP contribution < -0.4 is 5.32 Å². The van der Waals surface area contributed by atoms with Crippen LogP contribution in [-0.2, 0) is 0 Å². The molecule has 0 aliphatic rings. The Kier molecular flexibility index (Phi) is 4.97. The molecule has 1 N–H and O–H groups in total. The molecule has 0 amide bonds. The van der Waals surface area contributed by atoms with Crippen molar-refractivity contribution in [3.8, 4) is 0 Å². The summed E-state index contributed by atoms with van der Waals surface area (Å²) in [6, 6.07) is 11.7. The zero-order valence-electron chi connectivity index (χ0n) is 12.4. The van der Waals surface area contributed by atoms with Crippen molar-refractivity contribution in [3.05, 3.63) is 75.4 Å². The lowest BCUT2D eigenvalue weighted by molar-refractivity contribution is 0.104. The van der Waals surface area contributed by atoms with Gasteiger partial charge in [-0.1, -0.05) is 28.1 Å². The molecule has 2 rings (SSSR count). The first-order valence-electron chi connectivity index (χ1n) is 6.78. The minimum absolute atomic E-state index is 0.000524. The zero-order valence-corrected chi connectivity index (χ0v) is 14.0. The number of allylic oxidation sites excluding steroid dienone is 1. The molecule has 2 aromatic rings. The van der Waals surface area contributed by atoms with Gasteiger partial charge >= 0.3 is 0 Å². The van der Waals surface area contributed by atoms with Crippen LogP contribution in [0.25, 0.3) is 0 Å². The number of carbonyl (C=O) groups excluding carboxylic acids is 1. The predicted octanol–water partition coefficient (Wildman–Crippen LogP) is 5.18. The van der Waals surface area contributed by atoms with Crippen LogP contribution in [0.1, 0.15) is 27.0 Å². The van der Waals surface area contributed by atoms with Crippen LogP contribution >= 0.6 is 15.9 Å². The molecular formula is C18H18BrNO. The molecule has 0 atom stereocenters. The average molecular weight is 344 g/mol. The molecular weight excluding hydrogens is 326 g/mol. The Morgan fingerprint density at radius 1 is 1.00 bits per heavy atom. The maximum absolute atomic E-state index is 12.1. The summed E-state index contributed by atoms with van der Waals surface area (Å²) in [5.74, 6) is -0.000524. The Balaban J connectivity index is 2.04. The van der Waals surface area contributed by atoms with Crippen molar-refractivity contribution in [2.24, 2.45) is 0 Å². The van der Waals surface area contributed by atoms with Crippen LogP contribution in [0.3, 0.4) is 0 Å². The van der Waals surface area contributed by atoms with E-state index in [9.17, 15) is 4.79 Å². The number of nitrogens with one attached hydrogen (secondary N) is 1. The lowest BCUT2D eigenvalue weighted by Gasteiger charge is -2.04. The van der Waals surface area contributed by atoms with Gasteiger partial charge in [-0.2, -0.15) is 0 Å². The minimum Gasteiger partial charge on any atom is -0.362 e. The zero-order chi connectivity index (χ0) is 15.4. The van der Waals surface area contributed by atoms with Crippen LogP contribution in [-0.4, -0.2) is 5.78 Å². The summed E-state index contributed by atoms with van der Waals surface area (Å²) in [5.41, 5.74) is 5.14. The number of anilines is 1. The molecule has 108 valence electrons. The van der Waals surface area contributed by atoms with E-state index in [1.54, 1.807) is 12.3 Å². The van der Waals surface area contributed by atoms with E-state index in [1.165, 1.54) is 5.56 Å². The number of hydrogen-bond donors (Lipinski definition) is 1. The minimum atomic E-state index is -0.000524. The maximum atomic E-state index is 12.1. The summed E-state index contributed by atoms with van der Waals surface area (Å²) in [6.07, 6.45) is 3.24. The molecule has 0 bridgehead atoms. The van der Waals surface area contributed by atoms with E-state index in [1.807, 2.05) is 57.2 Å². The molecule has 0 saturated heterocycles. The summed E-state index contributed by atoms with van der Waals surface area (Å²) < 4.78 is 1.07. The molecule has 0 aliphatic carbocycles. The molecule has 0 aliphatic heterocycles. The van der Waals surface area contributed by atoms with Crippen molar-refractivity contribution in [3.63, 3.8) is 0 Å². The van der Waals surface area contributed by atoms with Crippen molar-refractivity contribution >= 4 is 27.4 Å². The maximum Gasteiger partial charge on any atom is 0.187 e. The Morgan fingerprint density at radius 3 is 2.43 bits per heavy atom. The number of carbonyl (C=O) groups is 1. The van der Waals surface area contributed by atoms with Gasteiger partial charge in [-0.05, 0) is 61.7 Å². The van der Waals surface area contributed by atoms with E-state index in [2.05, 4.69) is 21.2 Å². The second-order valence-corrected chi connectivity index (χ2v) is 5.96. The molecule has 0 unspecified atom stereocenters. The van der Waals surface area contributed by atoms with E-state index in [0.29, 0.717) is 5.56 Å². The Hall–Kier alpha value is -1.87. The van der Waals surface area contributed by atoms with Crippen molar-refractivity contribution in [2.45, 2.75) is 20.8 Å². The van der Waals surface area contributed by atoms with E-state index in [0.717, 1.165) is 21.3 Å². The molecule has 3 heteroatoms. The summed E-state index contributed by atoms with van der Waals surface area (Å²) in [7, 11) is 0. The third kappa shape index (κ3) is 4.05. The van der Waals surface area contributed by atoms with Gasteiger partial charge in [0, 0.05) is 28.0 Å². The number of halogens is 1. The summed E-state index contributed by atoms with van der Waals surface area (Å²) in [6.45, 7) is 6.08. The lowest BCUT2D eigenvalue weighted by Crippen LogP contribution is -1.97. The highest BCUT2D eigenvalue weighted by Gasteiger charge is 2.03. The van der Waals surface area contributed by atoms with Crippen LogP contribution in [0.4, 0.5) is 5.69 Å². The third-order valence-corrected chi connectivity index (χ3v) is 4.32. The Morgan fingerprint density at radius 2 is 1.76 bits per heavy atom. The standard InChI is InChI=1S/C18H18BrNO/c1-12-4-5-15(10-13(12)2)18(21)8-9-20-16-6-7-17(19)14(3)11-16/h4-11,20H,1-3H3. The van der Waals surface area contributed by atoms with Crippen molar-refractivity contribution in [2.75, 3.05) is 5.32 Å². The Labute approximate surface area is 134 Å². The van der Waals surface area contributed by atoms with Gasteiger partial charge in [0.2, 0.25) is 0 Å². The fourth-order valence-corrected chi connectivity index (χ4v) is 2.19. The second-order valence-electron chi connectivity index (χ2n) is 5.10. The topological polar surface area (TPSA) is 29.1 Å². The monoisotopic (exact) mass is 343 g/mol. The molecule has 0 heterocycles. The first-order chi connectivity index (χ1) is 9.97. The fraction of sp³-hybridized carbons (Fsp3) is 0.167. The van der Waals surface area contributed by atoms with Crippen molar-refractivity contribution in [1.82, 2.24) is 0 Å². The van der Waals surface area contributed by atoms with Gasteiger partial charge in [-0.25, -0.2) is 0 Å². The van der Waals surface area contributed by atoms with Gasteiger partial charge in [-0.15, -0.1) is 0 Å². The molecule has 0 aromatic heterocycles. The van der Waals surface area contributed by atoms with Gasteiger partial charge < -0.3 is 5.32 Å². The third-order valence-electron chi connectivity index (χ3n) is 3.43. The highest BCUT2D eigenvalue weighted by Crippen LogP contribution is 2.20.